The van der Waals surface area contributed by atoms with Crippen LogP contribution in [-0.2, 0) is 27.2 Å². The summed E-state index contributed by atoms with van der Waals surface area (Å²) >= 11 is 0. The third-order valence-corrected chi connectivity index (χ3v) is 12.4. The van der Waals surface area contributed by atoms with Crippen LogP contribution in [0.15, 0.2) is 49.3 Å². The predicted octanol–water partition coefficient (Wildman–Crippen LogP) is 1.54. The second kappa shape index (κ2) is 22.9. The Hall–Kier alpha value is -3.27. The summed E-state index contributed by atoms with van der Waals surface area (Å²) in [7, 11) is -10.5. The number of carbonyl (C=O) groups excluding carboxylic acids is 1. The van der Waals surface area contributed by atoms with Gasteiger partial charge in [0.05, 0.1) is 25.6 Å². The Morgan fingerprint density at radius 2 is 1.50 bits per heavy atom. The van der Waals surface area contributed by atoms with Crippen molar-refractivity contribution in [1.29, 1.82) is 0 Å². The lowest BCUT2D eigenvalue weighted by Gasteiger charge is -2.26. The third-order valence-electron chi connectivity index (χ3n) is 9.77. The van der Waals surface area contributed by atoms with Gasteiger partial charge in [0.25, 0.3) is 5.91 Å². The molecule has 23 heteroatoms. The number of rotatable bonds is 17. The second-order valence-corrected chi connectivity index (χ2v) is 16.3. The Morgan fingerprint density at radius 3 is 2.03 bits per heavy atom. The van der Waals surface area contributed by atoms with Crippen LogP contribution >= 0.6 is 15.6 Å². The van der Waals surface area contributed by atoms with Crippen molar-refractivity contribution in [3.8, 4) is 0 Å². The molecule has 0 radical (unpaired) electrons. The normalized spacial score (nSPS) is 25.1. The zero-order valence-corrected chi connectivity index (χ0v) is 35.6. The molecule has 3 aromatic rings. The molecule has 326 valence electrons. The number of hydrogen-bond donors (Lipinski definition) is 7. The molecule has 0 aromatic carbocycles. The molecule has 9 N–H and O–H groups in total. The zero-order chi connectivity index (χ0) is 43.2. The van der Waals surface area contributed by atoms with Gasteiger partial charge in [-0.05, 0) is 51.4 Å². The Morgan fingerprint density at radius 1 is 0.914 bits per heavy atom. The van der Waals surface area contributed by atoms with Crippen LogP contribution in [-0.4, -0.2) is 137 Å². The summed E-state index contributed by atoms with van der Waals surface area (Å²) in [6.45, 7) is 18.8. The van der Waals surface area contributed by atoms with Gasteiger partial charge < -0.3 is 51.1 Å². The lowest BCUT2D eigenvalue weighted by molar-refractivity contribution is -0.714. The van der Waals surface area contributed by atoms with Crippen LogP contribution in [0.2, 0.25) is 0 Å². The second-order valence-electron chi connectivity index (χ2n) is 13.3. The van der Waals surface area contributed by atoms with Gasteiger partial charge >= 0.3 is 15.6 Å². The maximum atomic E-state index is 12.4. The largest absolute Gasteiger partial charge is 0.481 e. The fourth-order valence-corrected chi connectivity index (χ4v) is 8.27. The number of pyridine rings is 1. The first-order valence-electron chi connectivity index (χ1n) is 19.2. The average Bonchev–Trinajstić information content (AvgIpc) is 3.75. The molecule has 21 nitrogen and oxygen atoms in total. The summed E-state index contributed by atoms with van der Waals surface area (Å²) in [6.07, 6.45) is 2.14. The number of nitrogen functional groups attached to an aromatic ring is 1. The molecule has 2 aliphatic rings. The van der Waals surface area contributed by atoms with E-state index in [1.54, 1.807) is 29.0 Å². The van der Waals surface area contributed by atoms with Crippen LogP contribution in [0, 0.1) is 5.92 Å². The number of amides is 1. The standard InChI is InChI=1S/C23H29N7O12P2.2C6H15N/c24-20-17-22(27-10-26-20)30(11-28-17)23-19(33)18(32)16(41-23)9-40-44(37,38)42-43(35,36)39-8-13-3-4-14(6-15(13)31)29-5-1-2-12(7-29)21(25)34;2*1-4-7(5-2)6-3/h1-5,7,10-11,13-16,18-19,23,31-33H,6,8-9H2,(H5-,24,25,26,27,34,35,36,37,38);2*4-6H2,1-3H3/p+1/t13-,14-,15+,16-,18-,19-,23-;;/m1../s1. The Labute approximate surface area is 338 Å². The van der Waals surface area contributed by atoms with E-state index in [1.807, 2.05) is 0 Å². The van der Waals surface area contributed by atoms with E-state index in [0.717, 1.165) is 6.33 Å². The van der Waals surface area contributed by atoms with E-state index in [0.29, 0.717) is 0 Å². The number of primary amides is 1. The lowest BCUT2D eigenvalue weighted by atomic mass is 9.90. The van der Waals surface area contributed by atoms with Crippen molar-refractivity contribution >= 4 is 38.5 Å². The van der Waals surface area contributed by atoms with Gasteiger partial charge in [-0.1, -0.05) is 47.6 Å². The van der Waals surface area contributed by atoms with E-state index in [2.05, 4.69) is 70.6 Å². The molecule has 58 heavy (non-hydrogen) atoms. The number of phosphoric ester groups is 2. The molecule has 1 aliphatic carbocycles. The van der Waals surface area contributed by atoms with E-state index in [-0.39, 0.29) is 35.0 Å². The number of hydrogen-bond acceptors (Lipinski definition) is 16. The molecule has 3 aromatic heterocycles. The number of imidazole rings is 1. The summed E-state index contributed by atoms with van der Waals surface area (Å²) in [5.74, 6) is -1.33. The van der Waals surface area contributed by atoms with Crippen LogP contribution in [0.25, 0.3) is 11.2 Å². The van der Waals surface area contributed by atoms with Crippen molar-refractivity contribution in [1.82, 2.24) is 29.3 Å². The zero-order valence-electron chi connectivity index (χ0n) is 33.8. The van der Waals surface area contributed by atoms with Crippen LogP contribution in [0.1, 0.15) is 70.6 Å². The topological polar surface area (TPSA) is 295 Å². The van der Waals surface area contributed by atoms with E-state index >= 15 is 0 Å². The molecule has 9 atom stereocenters. The fraction of sp³-hybridized carbons (Fsp3) is 0.629. The van der Waals surface area contributed by atoms with Crippen molar-refractivity contribution in [3.05, 3.63) is 54.9 Å². The minimum Gasteiger partial charge on any atom is -0.392 e. The van der Waals surface area contributed by atoms with Gasteiger partial charge in [-0.3, -0.25) is 18.4 Å². The Bertz CT molecular complexity index is 1840. The average molecular weight is 861 g/mol. The number of phosphoric acid groups is 2. The van der Waals surface area contributed by atoms with Crippen LogP contribution < -0.4 is 16.0 Å². The SMILES string of the molecule is CCN(CC)CC.CCN(CC)CC.NC(=O)c1ccc[n+]([C@@H]2C=C[C@H](COP(=O)(O)OP(=O)(O)OC[C@H]3O[C@@H](n4cnc5c(N)ncnc54)[C@H](O)[C@@H]3O)[C@@H](O)C2)c1. The van der Waals surface area contributed by atoms with Crippen molar-refractivity contribution in [3.63, 3.8) is 0 Å². The molecular formula is C35H60N9O12P2+. The number of fused-ring (bicyclic) bond motifs is 1. The van der Waals surface area contributed by atoms with Crippen LogP contribution in [0.4, 0.5) is 5.82 Å². The van der Waals surface area contributed by atoms with E-state index in [1.165, 1.54) is 62.4 Å². The van der Waals surface area contributed by atoms with E-state index in [4.69, 9.17) is 25.3 Å². The minimum absolute atomic E-state index is 0.0697. The molecule has 2 unspecified atom stereocenters. The van der Waals surface area contributed by atoms with Crippen molar-refractivity contribution in [2.45, 2.75) is 84.6 Å². The van der Waals surface area contributed by atoms with E-state index in [9.17, 15) is 39.0 Å². The monoisotopic (exact) mass is 860 g/mol. The third kappa shape index (κ3) is 13.9. The maximum Gasteiger partial charge on any atom is 0.481 e. The van der Waals surface area contributed by atoms with Crippen molar-refractivity contribution < 1.29 is 61.7 Å². The quantitative estimate of drug-likeness (QED) is 0.0575. The van der Waals surface area contributed by atoms with Crippen LogP contribution in [0.3, 0.4) is 0 Å². The molecular weight excluding hydrogens is 800 g/mol. The molecule has 1 amide bonds. The Kier molecular flexibility index (Phi) is 19.4. The summed E-state index contributed by atoms with van der Waals surface area (Å²) in [4.78, 5) is 48.2. The number of nitrogens with two attached hydrogens (primary N) is 2. The van der Waals surface area contributed by atoms with Crippen LogP contribution in [0.5, 0.6) is 0 Å². The van der Waals surface area contributed by atoms with Gasteiger partial charge in [0.15, 0.2) is 36.1 Å². The molecule has 0 bridgehead atoms. The molecule has 4 heterocycles. The molecule has 0 spiro atoms. The molecule has 5 rings (SSSR count). The number of anilines is 1. The first-order chi connectivity index (χ1) is 27.4. The van der Waals surface area contributed by atoms with Gasteiger partial charge in [-0.15, -0.1) is 0 Å². The molecule has 1 aliphatic heterocycles. The summed E-state index contributed by atoms with van der Waals surface area (Å²) in [5, 5.41) is 31.5. The van der Waals surface area contributed by atoms with Crippen molar-refractivity contribution in [2.75, 3.05) is 58.2 Å². The Balaban J connectivity index is 0.000000550. The first kappa shape index (κ1) is 49.1. The maximum absolute atomic E-state index is 12.4. The number of allylic oxidation sites excluding steroid dienone is 1. The number of ether oxygens (including phenoxy) is 1. The number of aliphatic hydroxyl groups is 3. The van der Waals surface area contributed by atoms with Gasteiger partial charge in [-0.2, -0.15) is 8.88 Å². The number of nitrogens with zero attached hydrogens (tertiary/aromatic N) is 7. The smallest absolute Gasteiger partial charge is 0.392 e. The van der Waals surface area contributed by atoms with Crippen molar-refractivity contribution in [2.24, 2.45) is 11.7 Å². The van der Waals surface area contributed by atoms with Gasteiger partial charge in [0, 0.05) is 18.4 Å². The fourth-order valence-electron chi connectivity index (χ4n) is 6.15. The van der Waals surface area contributed by atoms with Gasteiger partial charge in [0.2, 0.25) is 0 Å². The number of aliphatic hydroxyl groups excluding tert-OH is 3. The first-order valence-corrected chi connectivity index (χ1v) is 22.2. The number of carbonyl (C=O) groups is 1. The molecule has 1 fully saturated rings. The predicted molar refractivity (Wildman–Crippen MR) is 213 cm³/mol. The van der Waals surface area contributed by atoms with Gasteiger partial charge in [-0.25, -0.2) is 24.1 Å². The van der Waals surface area contributed by atoms with E-state index < -0.39 is 71.3 Å². The number of aromatic nitrogens is 5. The highest BCUT2D eigenvalue weighted by atomic mass is 31.3. The highest BCUT2D eigenvalue weighted by Gasteiger charge is 2.46. The molecule has 1 saturated heterocycles. The summed E-state index contributed by atoms with van der Waals surface area (Å²) in [5.41, 5.74) is 11.7. The molecule has 0 saturated carbocycles. The van der Waals surface area contributed by atoms with Gasteiger partial charge in [0.1, 0.15) is 35.7 Å². The summed E-state index contributed by atoms with van der Waals surface area (Å²) in [6, 6.07) is 2.81. The minimum atomic E-state index is -5.27. The summed E-state index contributed by atoms with van der Waals surface area (Å²) < 4.78 is 47.3. The highest BCUT2D eigenvalue weighted by molar-refractivity contribution is 7.61. The highest BCUT2D eigenvalue weighted by Crippen LogP contribution is 2.60. The lowest BCUT2D eigenvalue weighted by Crippen LogP contribution is -2.43.